The maximum Gasteiger partial charge on any atom is 0.173 e. The normalized spacial score (nSPS) is 10.8. The van der Waals surface area contributed by atoms with Gasteiger partial charge in [0, 0.05) is 11.6 Å². The molecule has 1 aromatic heterocycles. The molecule has 3 rings (SSSR count). The number of hydrogen-bond donors (Lipinski definition) is 1. The molecule has 0 unspecified atom stereocenters. The summed E-state index contributed by atoms with van der Waals surface area (Å²) in [6.45, 7) is 0. The summed E-state index contributed by atoms with van der Waals surface area (Å²) in [6, 6.07) is 10.9. The minimum Gasteiger partial charge on any atom is -0.497 e. The van der Waals surface area contributed by atoms with Crippen molar-refractivity contribution < 1.29 is 14.3 Å². The van der Waals surface area contributed by atoms with Crippen LogP contribution in [0.2, 0.25) is 0 Å². The minimum absolute atomic E-state index is 0.0291. The Morgan fingerprint density at radius 2 is 2.04 bits per heavy atom. The van der Waals surface area contributed by atoms with Gasteiger partial charge in [0.15, 0.2) is 10.9 Å². The van der Waals surface area contributed by atoms with E-state index in [2.05, 4.69) is 25.9 Å². The number of Topliss-reactive ketones (excluding diaryl/α,β-unsaturated/α-hetero) is 1. The molecule has 2 aromatic carbocycles. The van der Waals surface area contributed by atoms with Crippen LogP contribution in [0.15, 0.2) is 46.0 Å². The molecule has 0 aliphatic rings. The van der Waals surface area contributed by atoms with Crippen molar-refractivity contribution in [2.45, 2.75) is 5.16 Å². The summed E-state index contributed by atoms with van der Waals surface area (Å²) in [7, 11) is 3.22. The van der Waals surface area contributed by atoms with E-state index in [0.29, 0.717) is 22.2 Å². The molecule has 7 heteroatoms. The first-order valence-electron chi connectivity index (χ1n) is 7.14. The number of aromatic amines is 1. The third-order valence-electron chi connectivity index (χ3n) is 3.48. The fraction of sp³-hybridized carbons (Fsp3) is 0.176. The van der Waals surface area contributed by atoms with Crippen molar-refractivity contribution in [1.29, 1.82) is 0 Å². The Hall–Kier alpha value is -1.99. The smallest absolute Gasteiger partial charge is 0.173 e. The average molecular weight is 407 g/mol. The van der Waals surface area contributed by atoms with Crippen LogP contribution in [0.3, 0.4) is 0 Å². The van der Waals surface area contributed by atoms with Crippen molar-refractivity contribution in [2.75, 3.05) is 20.0 Å². The number of thioether (sulfide) groups is 1. The Kier molecular flexibility index (Phi) is 5.11. The number of methoxy groups -OCH3 is 2. The molecule has 0 saturated carbocycles. The highest BCUT2D eigenvalue weighted by atomic mass is 79.9. The van der Waals surface area contributed by atoms with Crippen LogP contribution in [0.25, 0.3) is 11.0 Å². The molecule has 0 amide bonds. The van der Waals surface area contributed by atoms with E-state index < -0.39 is 0 Å². The van der Waals surface area contributed by atoms with E-state index in [1.807, 2.05) is 18.2 Å². The number of fused-ring (bicyclic) bond motifs is 1. The first-order valence-corrected chi connectivity index (χ1v) is 8.92. The van der Waals surface area contributed by atoms with Gasteiger partial charge in [-0.05, 0) is 46.3 Å². The van der Waals surface area contributed by atoms with Crippen LogP contribution >= 0.6 is 27.7 Å². The van der Waals surface area contributed by atoms with Crippen LogP contribution in [0.1, 0.15) is 10.4 Å². The maximum atomic E-state index is 12.3. The van der Waals surface area contributed by atoms with Crippen LogP contribution in [0, 0.1) is 0 Å². The molecule has 0 fully saturated rings. The third kappa shape index (κ3) is 3.57. The molecule has 0 aliphatic heterocycles. The van der Waals surface area contributed by atoms with E-state index in [-0.39, 0.29) is 5.78 Å². The van der Waals surface area contributed by atoms with Crippen LogP contribution in [-0.4, -0.2) is 35.7 Å². The molecule has 0 aliphatic carbocycles. The fourth-order valence-corrected chi connectivity index (χ4v) is 3.54. The van der Waals surface area contributed by atoms with E-state index in [4.69, 9.17) is 9.47 Å². The molecule has 1 N–H and O–H groups in total. The number of hydrogen-bond acceptors (Lipinski definition) is 5. The van der Waals surface area contributed by atoms with Gasteiger partial charge in [-0.15, -0.1) is 0 Å². The van der Waals surface area contributed by atoms with Crippen LogP contribution < -0.4 is 9.47 Å². The lowest BCUT2D eigenvalue weighted by atomic mass is 10.1. The molecule has 124 valence electrons. The highest BCUT2D eigenvalue weighted by molar-refractivity contribution is 9.10. The molecule has 0 atom stereocenters. The zero-order chi connectivity index (χ0) is 17.1. The van der Waals surface area contributed by atoms with Gasteiger partial charge in [-0.25, -0.2) is 4.98 Å². The van der Waals surface area contributed by atoms with Gasteiger partial charge in [0.25, 0.3) is 0 Å². The van der Waals surface area contributed by atoms with E-state index >= 15 is 0 Å². The molecule has 0 spiro atoms. The highest BCUT2D eigenvalue weighted by Crippen LogP contribution is 2.27. The highest BCUT2D eigenvalue weighted by Gasteiger charge is 2.11. The topological polar surface area (TPSA) is 64.2 Å². The summed E-state index contributed by atoms with van der Waals surface area (Å²) in [5.74, 6) is 1.80. The van der Waals surface area contributed by atoms with E-state index in [9.17, 15) is 4.79 Å². The quantitative estimate of drug-likeness (QED) is 0.487. The number of ether oxygens (including phenoxy) is 2. The lowest BCUT2D eigenvalue weighted by Gasteiger charge is -2.05. The first kappa shape index (κ1) is 16.9. The van der Waals surface area contributed by atoms with Gasteiger partial charge in [-0.2, -0.15) is 0 Å². The van der Waals surface area contributed by atoms with Gasteiger partial charge >= 0.3 is 0 Å². The lowest BCUT2D eigenvalue weighted by molar-refractivity contribution is 0.102. The van der Waals surface area contributed by atoms with Crippen molar-refractivity contribution in [2.24, 2.45) is 0 Å². The molecular weight excluding hydrogens is 392 g/mol. The standard InChI is InChI=1S/C17H15BrN2O3S/c1-22-11-4-5-13-14(8-11)20-17(19-13)24-9-15(21)10-3-6-16(23-2)12(18)7-10/h3-8H,9H2,1-2H3,(H,19,20). The van der Waals surface area contributed by atoms with E-state index in [0.717, 1.165) is 21.3 Å². The monoisotopic (exact) mass is 406 g/mol. The predicted molar refractivity (Wildman–Crippen MR) is 98.4 cm³/mol. The molecule has 3 aromatic rings. The van der Waals surface area contributed by atoms with Crippen LogP contribution in [0.5, 0.6) is 11.5 Å². The number of nitrogens with zero attached hydrogens (tertiary/aromatic N) is 1. The number of halogens is 1. The Morgan fingerprint density at radius 3 is 2.75 bits per heavy atom. The first-order chi connectivity index (χ1) is 11.6. The SMILES string of the molecule is COc1ccc2nc(SCC(=O)c3ccc(OC)c(Br)c3)[nH]c2c1. The van der Waals surface area contributed by atoms with Crippen molar-refractivity contribution >= 4 is 44.5 Å². The number of imidazole rings is 1. The Labute approximate surface area is 151 Å². The molecule has 0 radical (unpaired) electrons. The van der Waals surface area contributed by atoms with Gasteiger partial charge in [0.2, 0.25) is 0 Å². The van der Waals surface area contributed by atoms with Crippen molar-refractivity contribution in [1.82, 2.24) is 9.97 Å². The zero-order valence-corrected chi connectivity index (χ0v) is 15.5. The van der Waals surface area contributed by atoms with Crippen molar-refractivity contribution in [3.8, 4) is 11.5 Å². The third-order valence-corrected chi connectivity index (χ3v) is 4.97. The number of nitrogens with one attached hydrogen (secondary N) is 1. The molecule has 24 heavy (non-hydrogen) atoms. The minimum atomic E-state index is 0.0291. The Morgan fingerprint density at radius 1 is 1.21 bits per heavy atom. The van der Waals surface area contributed by atoms with E-state index in [1.54, 1.807) is 32.4 Å². The van der Waals surface area contributed by atoms with Gasteiger partial charge in [0.05, 0.1) is 35.5 Å². The molecular formula is C17H15BrN2O3S. The Bertz CT molecular complexity index is 895. The van der Waals surface area contributed by atoms with Crippen LogP contribution in [0.4, 0.5) is 0 Å². The summed E-state index contributed by atoms with van der Waals surface area (Å²) in [6.07, 6.45) is 0. The largest absolute Gasteiger partial charge is 0.497 e. The number of ketones is 1. The number of benzene rings is 2. The second-order valence-corrected chi connectivity index (χ2v) is 6.80. The summed E-state index contributed by atoms with van der Waals surface area (Å²) in [5, 5.41) is 0.708. The summed E-state index contributed by atoms with van der Waals surface area (Å²) in [4.78, 5) is 20.0. The fourth-order valence-electron chi connectivity index (χ4n) is 2.22. The van der Waals surface area contributed by atoms with Crippen LogP contribution in [-0.2, 0) is 0 Å². The van der Waals surface area contributed by atoms with Crippen molar-refractivity contribution in [3.05, 3.63) is 46.4 Å². The predicted octanol–water partition coefficient (Wildman–Crippen LogP) is 4.32. The average Bonchev–Trinajstić information content (AvgIpc) is 3.01. The van der Waals surface area contributed by atoms with Gasteiger partial charge < -0.3 is 14.5 Å². The molecule has 0 saturated heterocycles. The summed E-state index contributed by atoms with van der Waals surface area (Å²) in [5.41, 5.74) is 2.36. The second kappa shape index (κ2) is 7.27. The summed E-state index contributed by atoms with van der Waals surface area (Å²) >= 11 is 4.77. The zero-order valence-electron chi connectivity index (χ0n) is 13.1. The number of H-pyrrole nitrogens is 1. The second-order valence-electron chi connectivity index (χ2n) is 4.99. The van der Waals surface area contributed by atoms with Gasteiger partial charge in [-0.1, -0.05) is 11.8 Å². The lowest BCUT2D eigenvalue weighted by Crippen LogP contribution is -2.03. The molecule has 0 bridgehead atoms. The van der Waals surface area contributed by atoms with E-state index in [1.165, 1.54) is 11.8 Å². The molecule has 1 heterocycles. The molecule has 5 nitrogen and oxygen atoms in total. The van der Waals surface area contributed by atoms with Crippen molar-refractivity contribution in [3.63, 3.8) is 0 Å². The Balaban J connectivity index is 1.70. The number of rotatable bonds is 6. The number of aromatic nitrogens is 2. The van der Waals surface area contributed by atoms with Gasteiger partial charge in [0.1, 0.15) is 11.5 Å². The number of carbonyl (C=O) groups is 1. The number of carbonyl (C=O) groups excluding carboxylic acids is 1. The maximum absolute atomic E-state index is 12.3. The van der Waals surface area contributed by atoms with Gasteiger partial charge in [-0.3, -0.25) is 4.79 Å². The summed E-state index contributed by atoms with van der Waals surface area (Å²) < 4.78 is 11.1.